The second-order valence-electron chi connectivity index (χ2n) is 10.2. The number of halogens is 3. The molecule has 0 radical (unpaired) electrons. The zero-order valence-electron chi connectivity index (χ0n) is 22.3. The van der Waals surface area contributed by atoms with E-state index in [1.165, 1.54) is 0 Å². The van der Waals surface area contributed by atoms with Crippen LogP contribution in [-0.2, 0) is 11.3 Å². The van der Waals surface area contributed by atoms with Gasteiger partial charge in [0.05, 0.1) is 17.9 Å². The maximum Gasteiger partial charge on any atom is 0.335 e. The van der Waals surface area contributed by atoms with Gasteiger partial charge in [-0.05, 0) is 88.9 Å². The Balaban J connectivity index is 1.57. The molecule has 2 aliphatic rings. The monoisotopic (exact) mass is 580 g/mol. The molecule has 0 spiro atoms. The Bertz CT molecular complexity index is 1460. The molecule has 1 fully saturated rings. The SMILES string of the molecule is CON=C(c1ccc(C2=C(c3ccc(Cl)cc3Cl)CCCc3cc(C(=O)O)ccc32)cc1)C1CN(CCCF)C1. The summed E-state index contributed by atoms with van der Waals surface area (Å²) < 4.78 is 12.6. The van der Waals surface area contributed by atoms with Crippen LogP contribution in [0, 0.1) is 5.92 Å². The zero-order valence-corrected chi connectivity index (χ0v) is 23.8. The maximum atomic E-state index is 12.6. The summed E-state index contributed by atoms with van der Waals surface area (Å²) >= 11 is 12.9. The molecular formula is C32H31Cl2FN2O3. The molecule has 0 atom stereocenters. The molecule has 3 aromatic rings. The molecule has 208 valence electrons. The number of fused-ring (bicyclic) bond motifs is 1. The molecule has 0 aromatic heterocycles. The van der Waals surface area contributed by atoms with Crippen LogP contribution >= 0.6 is 23.2 Å². The summed E-state index contributed by atoms with van der Waals surface area (Å²) in [5.41, 5.74) is 8.21. The van der Waals surface area contributed by atoms with E-state index in [4.69, 9.17) is 28.0 Å². The van der Waals surface area contributed by atoms with Gasteiger partial charge < -0.3 is 14.8 Å². The molecule has 0 amide bonds. The Morgan fingerprint density at radius 1 is 1.02 bits per heavy atom. The van der Waals surface area contributed by atoms with Gasteiger partial charge >= 0.3 is 5.97 Å². The number of hydrogen-bond donors (Lipinski definition) is 1. The van der Waals surface area contributed by atoms with Gasteiger partial charge in [0.1, 0.15) is 7.11 Å². The van der Waals surface area contributed by atoms with Crippen molar-refractivity contribution in [3.05, 3.63) is 104 Å². The van der Waals surface area contributed by atoms with Crippen molar-refractivity contribution in [3.8, 4) is 0 Å². The molecule has 3 aromatic carbocycles. The Labute approximate surface area is 243 Å². The Kier molecular flexibility index (Phi) is 8.89. The van der Waals surface area contributed by atoms with Gasteiger partial charge in [0.25, 0.3) is 0 Å². The number of likely N-dealkylation sites (tertiary alicyclic amines) is 1. The van der Waals surface area contributed by atoms with Crippen LogP contribution in [0.4, 0.5) is 4.39 Å². The lowest BCUT2D eigenvalue weighted by Gasteiger charge is -2.39. The number of nitrogens with zero attached hydrogens (tertiary/aromatic N) is 2. The van der Waals surface area contributed by atoms with Gasteiger partial charge in [0.2, 0.25) is 0 Å². The highest BCUT2D eigenvalue weighted by molar-refractivity contribution is 6.36. The minimum atomic E-state index is -0.938. The summed E-state index contributed by atoms with van der Waals surface area (Å²) in [6.07, 6.45) is 2.94. The number of carboxylic acids is 1. The third kappa shape index (κ3) is 5.95. The van der Waals surface area contributed by atoms with E-state index in [2.05, 4.69) is 34.3 Å². The van der Waals surface area contributed by atoms with Gasteiger partial charge in [-0.3, -0.25) is 4.39 Å². The second-order valence-corrected chi connectivity index (χ2v) is 11.1. The predicted octanol–water partition coefficient (Wildman–Crippen LogP) is 7.63. The number of alkyl halides is 1. The summed E-state index contributed by atoms with van der Waals surface area (Å²) in [6.45, 7) is 2.10. The van der Waals surface area contributed by atoms with Crippen LogP contribution in [0.1, 0.15) is 57.4 Å². The van der Waals surface area contributed by atoms with Crippen LogP contribution in [0.5, 0.6) is 0 Å². The van der Waals surface area contributed by atoms with Gasteiger partial charge in [-0.15, -0.1) is 0 Å². The summed E-state index contributed by atoms with van der Waals surface area (Å²) in [5, 5.41) is 15.1. The Morgan fingerprint density at radius 2 is 1.75 bits per heavy atom. The van der Waals surface area contributed by atoms with Gasteiger partial charge in [-0.1, -0.05) is 64.8 Å². The van der Waals surface area contributed by atoms with E-state index in [0.29, 0.717) is 16.5 Å². The predicted molar refractivity (Wildman–Crippen MR) is 159 cm³/mol. The molecule has 1 saturated heterocycles. The first-order valence-electron chi connectivity index (χ1n) is 13.4. The maximum absolute atomic E-state index is 12.6. The van der Waals surface area contributed by atoms with Crippen molar-refractivity contribution in [2.45, 2.75) is 25.7 Å². The minimum Gasteiger partial charge on any atom is -0.478 e. The molecule has 0 bridgehead atoms. The number of allylic oxidation sites excluding steroid dienone is 1. The topological polar surface area (TPSA) is 62.1 Å². The van der Waals surface area contributed by atoms with Crippen LogP contribution in [-0.4, -0.2) is 55.1 Å². The lowest BCUT2D eigenvalue weighted by molar-refractivity contribution is 0.0696. The quantitative estimate of drug-likeness (QED) is 0.209. The first kappa shape index (κ1) is 28.3. The van der Waals surface area contributed by atoms with E-state index in [9.17, 15) is 14.3 Å². The molecular weight excluding hydrogens is 550 g/mol. The fourth-order valence-electron chi connectivity index (χ4n) is 5.73. The van der Waals surface area contributed by atoms with E-state index >= 15 is 0 Å². The molecule has 5 rings (SSSR count). The van der Waals surface area contributed by atoms with Crippen LogP contribution in [0.15, 0.2) is 65.8 Å². The smallest absolute Gasteiger partial charge is 0.335 e. The van der Waals surface area contributed by atoms with Crippen LogP contribution < -0.4 is 0 Å². The van der Waals surface area contributed by atoms with E-state index in [-0.39, 0.29) is 18.2 Å². The largest absolute Gasteiger partial charge is 0.478 e. The molecule has 1 heterocycles. The number of carbonyl (C=O) groups is 1. The normalized spacial score (nSPS) is 16.4. The zero-order chi connectivity index (χ0) is 28.2. The molecule has 8 heteroatoms. The Hall–Kier alpha value is -3.19. The fraction of sp³-hybridized carbons (Fsp3) is 0.312. The molecule has 0 saturated carbocycles. The number of oxime groups is 1. The number of benzene rings is 3. The van der Waals surface area contributed by atoms with E-state index in [0.717, 1.165) is 83.6 Å². The summed E-state index contributed by atoms with van der Waals surface area (Å²) in [5.74, 6) is -0.715. The van der Waals surface area contributed by atoms with E-state index in [1.54, 1.807) is 25.3 Å². The number of aryl methyl sites for hydroxylation is 1. The fourth-order valence-corrected chi connectivity index (χ4v) is 6.25. The summed E-state index contributed by atoms with van der Waals surface area (Å²) in [4.78, 5) is 19.1. The van der Waals surface area contributed by atoms with Crippen LogP contribution in [0.2, 0.25) is 10.0 Å². The molecule has 0 unspecified atom stereocenters. The number of carboxylic acid groups (broad SMARTS) is 1. The highest BCUT2D eigenvalue weighted by atomic mass is 35.5. The van der Waals surface area contributed by atoms with Crippen molar-refractivity contribution in [1.29, 1.82) is 0 Å². The summed E-state index contributed by atoms with van der Waals surface area (Å²) in [6, 6.07) is 19.2. The van der Waals surface area contributed by atoms with Gasteiger partial charge in [-0.2, -0.15) is 0 Å². The van der Waals surface area contributed by atoms with Crippen LogP contribution in [0.25, 0.3) is 11.1 Å². The number of aromatic carboxylic acids is 1. The lowest BCUT2D eigenvalue weighted by atomic mass is 9.85. The van der Waals surface area contributed by atoms with Crippen molar-refractivity contribution in [2.75, 3.05) is 33.4 Å². The second kappa shape index (κ2) is 12.5. The average molecular weight is 582 g/mol. The first-order valence-corrected chi connectivity index (χ1v) is 14.2. The first-order chi connectivity index (χ1) is 19.4. The van der Waals surface area contributed by atoms with Crippen molar-refractivity contribution < 1.29 is 19.1 Å². The highest BCUT2D eigenvalue weighted by Gasteiger charge is 2.32. The van der Waals surface area contributed by atoms with Crippen LogP contribution in [0.3, 0.4) is 0 Å². The third-order valence-corrected chi connectivity index (χ3v) is 8.21. The van der Waals surface area contributed by atoms with E-state index < -0.39 is 5.97 Å². The van der Waals surface area contributed by atoms with Crippen molar-refractivity contribution in [3.63, 3.8) is 0 Å². The lowest BCUT2D eigenvalue weighted by Crippen LogP contribution is -2.50. The minimum absolute atomic E-state index is 0.223. The third-order valence-electron chi connectivity index (χ3n) is 7.66. The number of rotatable bonds is 9. The van der Waals surface area contributed by atoms with Crippen molar-refractivity contribution in [2.24, 2.45) is 11.1 Å². The Morgan fingerprint density at radius 3 is 2.42 bits per heavy atom. The van der Waals surface area contributed by atoms with Gasteiger partial charge in [0, 0.05) is 35.6 Å². The van der Waals surface area contributed by atoms with Crippen molar-refractivity contribution >= 4 is 46.0 Å². The van der Waals surface area contributed by atoms with Crippen molar-refractivity contribution in [1.82, 2.24) is 4.90 Å². The average Bonchev–Trinajstić information content (AvgIpc) is 3.11. The molecule has 1 N–H and O–H groups in total. The number of hydrogen-bond acceptors (Lipinski definition) is 4. The molecule has 1 aliphatic heterocycles. The van der Waals surface area contributed by atoms with Gasteiger partial charge in [-0.25, -0.2) is 4.79 Å². The standard InChI is InChI=1S/C32H31Cl2FN2O3/c1-40-36-31(24-18-37(19-24)15-3-14-35)21-8-6-20(7-9-21)30-26-12-10-23(32(38)39)16-22(26)4-2-5-28(30)27-13-11-25(33)17-29(27)34/h6-13,16-17,24H,2-5,14-15,18-19H2,1H3,(H,38,39). The molecule has 1 aliphatic carbocycles. The van der Waals surface area contributed by atoms with E-state index in [1.807, 2.05) is 18.2 Å². The summed E-state index contributed by atoms with van der Waals surface area (Å²) in [7, 11) is 1.55. The van der Waals surface area contributed by atoms with Gasteiger partial charge in [0.15, 0.2) is 0 Å². The molecule has 5 nitrogen and oxygen atoms in total. The molecule has 40 heavy (non-hydrogen) atoms. The highest BCUT2D eigenvalue weighted by Crippen LogP contribution is 2.42.